The van der Waals surface area contributed by atoms with E-state index in [0.717, 1.165) is 36.9 Å². The fourth-order valence-corrected chi connectivity index (χ4v) is 6.39. The lowest BCUT2D eigenvalue weighted by Gasteiger charge is -2.28. The number of rotatable bonds is 7. The lowest BCUT2D eigenvalue weighted by molar-refractivity contribution is -0.125. The van der Waals surface area contributed by atoms with E-state index in [0.29, 0.717) is 25.9 Å². The van der Waals surface area contributed by atoms with Gasteiger partial charge in [0, 0.05) is 17.8 Å². The van der Waals surface area contributed by atoms with Crippen molar-refractivity contribution in [2.24, 2.45) is 0 Å². The molecule has 1 N–H and O–H groups in total. The molecule has 162 valence electrons. The number of carbonyl (C=O) groups excluding carboxylic acids is 1. The highest BCUT2D eigenvalue weighted by molar-refractivity contribution is 7.89. The van der Waals surface area contributed by atoms with Crippen molar-refractivity contribution in [3.05, 3.63) is 53.3 Å². The van der Waals surface area contributed by atoms with E-state index in [2.05, 4.69) is 22.5 Å². The van der Waals surface area contributed by atoms with Crippen molar-refractivity contribution >= 4 is 15.9 Å². The summed E-state index contributed by atoms with van der Waals surface area (Å²) in [5.74, 6) is -0.0859. The minimum atomic E-state index is -3.38. The molecule has 1 aromatic carbocycles. The number of amides is 1. The van der Waals surface area contributed by atoms with E-state index in [1.165, 1.54) is 9.87 Å². The van der Waals surface area contributed by atoms with Crippen LogP contribution in [0.5, 0.6) is 0 Å². The molecule has 1 aliphatic heterocycles. The molecule has 2 aliphatic rings. The molecule has 8 heteroatoms. The van der Waals surface area contributed by atoms with Gasteiger partial charge in [0.1, 0.15) is 6.04 Å². The van der Waals surface area contributed by atoms with E-state index in [4.69, 9.17) is 0 Å². The minimum Gasteiger partial charge on any atom is -0.348 e. The summed E-state index contributed by atoms with van der Waals surface area (Å²) in [6, 6.07) is 9.51. The monoisotopic (exact) mass is 430 g/mol. The van der Waals surface area contributed by atoms with Crippen LogP contribution in [0.2, 0.25) is 0 Å². The Bertz CT molecular complexity index is 987. The highest BCUT2D eigenvalue weighted by atomic mass is 32.2. The second-order valence-corrected chi connectivity index (χ2v) is 10.3. The molecule has 1 aliphatic carbocycles. The molecule has 0 bridgehead atoms. The first-order valence-corrected chi connectivity index (χ1v) is 12.5. The van der Waals surface area contributed by atoms with Gasteiger partial charge in [0.2, 0.25) is 15.9 Å². The van der Waals surface area contributed by atoms with Crippen LogP contribution in [-0.4, -0.2) is 46.8 Å². The normalized spacial score (nSPS) is 22.0. The van der Waals surface area contributed by atoms with E-state index < -0.39 is 16.1 Å². The summed E-state index contributed by atoms with van der Waals surface area (Å²) >= 11 is 0. The summed E-state index contributed by atoms with van der Waals surface area (Å²) in [5, 5.41) is 7.73. The number of hydrogen-bond donors (Lipinski definition) is 1. The molecule has 0 radical (unpaired) electrons. The third-order valence-electron chi connectivity index (χ3n) is 6.08. The Morgan fingerprint density at radius 1 is 1.20 bits per heavy atom. The first-order chi connectivity index (χ1) is 14.5. The van der Waals surface area contributed by atoms with Crippen molar-refractivity contribution in [1.82, 2.24) is 19.4 Å². The Kier molecular flexibility index (Phi) is 6.24. The molecular weight excluding hydrogens is 400 g/mol. The van der Waals surface area contributed by atoms with Crippen LogP contribution in [0.25, 0.3) is 0 Å². The van der Waals surface area contributed by atoms with Crippen LogP contribution in [0.15, 0.2) is 36.5 Å². The Hall–Kier alpha value is -2.19. The topological polar surface area (TPSA) is 84.3 Å². The van der Waals surface area contributed by atoms with Crippen molar-refractivity contribution in [3.8, 4) is 0 Å². The quantitative estimate of drug-likeness (QED) is 0.732. The fourth-order valence-electron chi connectivity index (χ4n) is 4.64. The molecule has 2 atom stereocenters. The number of sulfonamides is 1. The summed E-state index contributed by atoms with van der Waals surface area (Å²) in [6.45, 7) is 2.99. The fraction of sp³-hybridized carbons (Fsp3) is 0.545. The van der Waals surface area contributed by atoms with E-state index >= 15 is 0 Å². The van der Waals surface area contributed by atoms with E-state index in [1.54, 1.807) is 0 Å². The average Bonchev–Trinajstić information content (AvgIpc) is 3.38. The standard InChI is InChI=1S/C22H30N4O3S/c1-2-14-30(28,29)26-13-7-12-21(26)22(27)24-19-10-6-11-20-18(19)15-23-25(20)16-17-8-4-3-5-9-17/h3-5,8-9,15,19,21H,2,6-7,10-14,16H2,1H3,(H,24,27). The Labute approximate surface area is 178 Å². The zero-order valence-corrected chi connectivity index (χ0v) is 18.3. The van der Waals surface area contributed by atoms with Gasteiger partial charge in [0.15, 0.2) is 0 Å². The van der Waals surface area contributed by atoms with Crippen LogP contribution in [0.1, 0.15) is 61.9 Å². The van der Waals surface area contributed by atoms with Crippen LogP contribution >= 0.6 is 0 Å². The molecule has 2 aromatic rings. The molecule has 1 fully saturated rings. The maximum Gasteiger partial charge on any atom is 0.238 e. The minimum absolute atomic E-state index is 0.0939. The van der Waals surface area contributed by atoms with Crippen LogP contribution in [0.3, 0.4) is 0 Å². The molecule has 0 spiro atoms. The zero-order valence-electron chi connectivity index (χ0n) is 17.5. The number of nitrogens with one attached hydrogen (secondary N) is 1. The van der Waals surface area contributed by atoms with Gasteiger partial charge < -0.3 is 5.32 Å². The van der Waals surface area contributed by atoms with Gasteiger partial charge in [-0.3, -0.25) is 9.48 Å². The van der Waals surface area contributed by atoms with Gasteiger partial charge in [0.05, 0.1) is 24.5 Å². The van der Waals surface area contributed by atoms with Crippen molar-refractivity contribution < 1.29 is 13.2 Å². The lowest BCUT2D eigenvalue weighted by Crippen LogP contribution is -2.47. The van der Waals surface area contributed by atoms with Crippen molar-refractivity contribution in [1.29, 1.82) is 0 Å². The van der Waals surface area contributed by atoms with Gasteiger partial charge >= 0.3 is 0 Å². The highest BCUT2D eigenvalue weighted by Gasteiger charge is 2.39. The van der Waals surface area contributed by atoms with Crippen LogP contribution < -0.4 is 5.32 Å². The maximum atomic E-state index is 13.0. The summed E-state index contributed by atoms with van der Waals surface area (Å²) in [6.07, 6.45) is 6.50. The van der Waals surface area contributed by atoms with Crippen molar-refractivity contribution in [2.75, 3.05) is 12.3 Å². The van der Waals surface area contributed by atoms with Crippen LogP contribution in [0.4, 0.5) is 0 Å². The van der Waals surface area contributed by atoms with E-state index in [9.17, 15) is 13.2 Å². The second kappa shape index (κ2) is 8.89. The number of aromatic nitrogens is 2. The average molecular weight is 431 g/mol. The first kappa shape index (κ1) is 21.1. The summed E-state index contributed by atoms with van der Waals surface area (Å²) in [7, 11) is -3.38. The second-order valence-electron chi connectivity index (χ2n) is 8.23. The molecule has 2 heterocycles. The zero-order chi connectivity index (χ0) is 21.1. The first-order valence-electron chi connectivity index (χ1n) is 10.9. The third-order valence-corrected chi connectivity index (χ3v) is 8.16. The lowest BCUT2D eigenvalue weighted by atomic mass is 9.92. The predicted molar refractivity (Wildman–Crippen MR) is 115 cm³/mol. The molecule has 2 unspecified atom stereocenters. The molecule has 30 heavy (non-hydrogen) atoms. The summed E-state index contributed by atoms with van der Waals surface area (Å²) < 4.78 is 28.5. The third kappa shape index (κ3) is 4.30. The van der Waals surface area contributed by atoms with E-state index in [1.807, 2.05) is 36.0 Å². The number of carbonyl (C=O) groups is 1. The smallest absolute Gasteiger partial charge is 0.238 e. The van der Waals surface area contributed by atoms with Crippen LogP contribution in [0, 0.1) is 0 Å². The molecular formula is C22H30N4O3S. The van der Waals surface area contributed by atoms with Crippen molar-refractivity contribution in [2.45, 2.75) is 64.1 Å². The van der Waals surface area contributed by atoms with E-state index in [-0.39, 0.29) is 17.7 Å². The van der Waals surface area contributed by atoms with Gasteiger partial charge in [-0.2, -0.15) is 9.40 Å². The maximum absolute atomic E-state index is 13.0. The van der Waals surface area contributed by atoms with Gasteiger partial charge in [-0.25, -0.2) is 8.42 Å². The Balaban J connectivity index is 1.48. The largest absolute Gasteiger partial charge is 0.348 e. The molecule has 1 amide bonds. The number of nitrogens with zero attached hydrogens (tertiary/aromatic N) is 3. The molecule has 0 saturated carbocycles. The summed E-state index contributed by atoms with van der Waals surface area (Å²) in [5.41, 5.74) is 3.42. The van der Waals surface area contributed by atoms with Gasteiger partial charge in [-0.15, -0.1) is 0 Å². The molecule has 7 nitrogen and oxygen atoms in total. The van der Waals surface area contributed by atoms with Gasteiger partial charge in [0.25, 0.3) is 0 Å². The molecule has 1 aromatic heterocycles. The SMILES string of the molecule is CCCS(=O)(=O)N1CCCC1C(=O)NC1CCCc2c1cnn2Cc1ccccc1. The van der Waals surface area contributed by atoms with Gasteiger partial charge in [-0.05, 0) is 44.1 Å². The van der Waals surface area contributed by atoms with Gasteiger partial charge in [-0.1, -0.05) is 37.3 Å². The highest BCUT2D eigenvalue weighted by Crippen LogP contribution is 2.31. The van der Waals surface area contributed by atoms with Crippen molar-refractivity contribution in [3.63, 3.8) is 0 Å². The van der Waals surface area contributed by atoms with Crippen LogP contribution in [-0.2, 0) is 27.8 Å². The number of fused-ring (bicyclic) bond motifs is 1. The molecule has 1 saturated heterocycles. The Morgan fingerprint density at radius 3 is 2.77 bits per heavy atom. The number of benzene rings is 1. The predicted octanol–water partition coefficient (Wildman–Crippen LogP) is 2.63. The summed E-state index contributed by atoms with van der Waals surface area (Å²) in [4.78, 5) is 13.0. The number of hydrogen-bond acceptors (Lipinski definition) is 4. The molecule has 4 rings (SSSR count). The Morgan fingerprint density at radius 2 is 2.00 bits per heavy atom.